The summed E-state index contributed by atoms with van der Waals surface area (Å²) in [6.45, 7) is 0. The van der Waals surface area contributed by atoms with Crippen molar-refractivity contribution in [2.24, 2.45) is 0 Å². The van der Waals surface area contributed by atoms with E-state index in [1.165, 1.54) is 6.08 Å². The quantitative estimate of drug-likeness (QED) is 0.548. The first-order chi connectivity index (χ1) is 9.25. The Kier molecular flexibility index (Phi) is 2.76. The van der Waals surface area contributed by atoms with E-state index >= 15 is 0 Å². The topological polar surface area (TPSA) is 37.3 Å². The summed E-state index contributed by atoms with van der Waals surface area (Å²) in [4.78, 5) is 10.8. The molecule has 3 rings (SSSR count). The lowest BCUT2D eigenvalue weighted by atomic mass is 9.96. The molecule has 0 radical (unpaired) electrons. The average molecular weight is 248 g/mol. The smallest absolute Gasteiger partial charge is 0.328 e. The van der Waals surface area contributed by atoms with Gasteiger partial charge < -0.3 is 5.11 Å². The zero-order valence-electron chi connectivity index (χ0n) is 10.2. The zero-order chi connectivity index (χ0) is 13.2. The number of carbonyl (C=O) groups is 1. The molecule has 0 aliphatic rings. The second-order valence-electron chi connectivity index (χ2n) is 4.40. The van der Waals surface area contributed by atoms with Crippen LogP contribution in [-0.2, 0) is 4.79 Å². The molecule has 0 unspecified atom stereocenters. The molecular weight excluding hydrogens is 236 g/mol. The predicted molar refractivity (Wildman–Crippen MR) is 78.1 cm³/mol. The number of hydrogen-bond acceptors (Lipinski definition) is 1. The Labute approximate surface area is 110 Å². The molecule has 92 valence electrons. The van der Waals surface area contributed by atoms with Crippen LogP contribution in [0.15, 0.2) is 60.7 Å². The second kappa shape index (κ2) is 4.58. The van der Waals surface area contributed by atoms with Gasteiger partial charge in [0.15, 0.2) is 0 Å². The molecule has 3 aromatic carbocycles. The van der Waals surface area contributed by atoms with Crippen molar-refractivity contribution in [3.05, 3.63) is 66.2 Å². The summed E-state index contributed by atoms with van der Waals surface area (Å²) in [5, 5.41) is 13.2. The number of carboxylic acid groups (broad SMARTS) is 1. The lowest BCUT2D eigenvalue weighted by Gasteiger charge is -2.07. The Morgan fingerprint density at radius 1 is 0.895 bits per heavy atom. The Hall–Kier alpha value is -2.61. The van der Waals surface area contributed by atoms with Crippen LogP contribution in [-0.4, -0.2) is 11.1 Å². The number of carboxylic acids is 1. The van der Waals surface area contributed by atoms with Crippen LogP contribution in [0.25, 0.3) is 27.6 Å². The number of rotatable bonds is 2. The Bertz CT molecular complexity index is 747. The molecule has 0 saturated heterocycles. The van der Waals surface area contributed by atoms with Gasteiger partial charge in [0.1, 0.15) is 0 Å². The van der Waals surface area contributed by atoms with Crippen LogP contribution in [0.4, 0.5) is 0 Å². The second-order valence-corrected chi connectivity index (χ2v) is 4.40. The van der Waals surface area contributed by atoms with Crippen LogP contribution >= 0.6 is 0 Å². The van der Waals surface area contributed by atoms with Gasteiger partial charge in [-0.2, -0.15) is 0 Å². The molecule has 0 aliphatic carbocycles. The zero-order valence-corrected chi connectivity index (χ0v) is 10.2. The van der Waals surface area contributed by atoms with Gasteiger partial charge in [0.25, 0.3) is 0 Å². The van der Waals surface area contributed by atoms with Crippen LogP contribution < -0.4 is 0 Å². The third-order valence-corrected chi connectivity index (χ3v) is 3.21. The Morgan fingerprint density at radius 3 is 1.95 bits per heavy atom. The Morgan fingerprint density at radius 2 is 1.42 bits per heavy atom. The highest BCUT2D eigenvalue weighted by Gasteiger charge is 2.04. The van der Waals surface area contributed by atoms with Crippen LogP contribution in [0.3, 0.4) is 0 Å². The molecule has 0 aliphatic heterocycles. The molecule has 2 nitrogen and oxygen atoms in total. The Balaban J connectivity index is 2.42. The fraction of sp³-hybridized carbons (Fsp3) is 0. The predicted octanol–water partition coefficient (Wildman–Crippen LogP) is 4.09. The number of hydrogen-bond donors (Lipinski definition) is 1. The lowest BCUT2D eigenvalue weighted by Crippen LogP contribution is -1.88. The van der Waals surface area contributed by atoms with Gasteiger partial charge in [0.2, 0.25) is 0 Å². The van der Waals surface area contributed by atoms with Crippen LogP contribution in [0.2, 0.25) is 0 Å². The summed E-state index contributed by atoms with van der Waals surface area (Å²) in [6, 6.07) is 18.2. The fourth-order valence-electron chi connectivity index (χ4n) is 2.38. The van der Waals surface area contributed by atoms with E-state index in [1.807, 2.05) is 48.5 Å². The van der Waals surface area contributed by atoms with Crippen LogP contribution in [0, 0.1) is 0 Å². The highest BCUT2D eigenvalue weighted by molar-refractivity contribution is 6.07. The van der Waals surface area contributed by atoms with E-state index < -0.39 is 5.97 Å². The molecule has 0 spiro atoms. The molecule has 0 atom stereocenters. The third kappa shape index (κ3) is 2.08. The largest absolute Gasteiger partial charge is 0.478 e. The minimum absolute atomic E-state index is 0.933. The summed E-state index contributed by atoms with van der Waals surface area (Å²) in [6.07, 6.45) is 2.86. The van der Waals surface area contributed by atoms with Crippen LogP contribution in [0.1, 0.15) is 5.56 Å². The lowest BCUT2D eigenvalue weighted by molar-refractivity contribution is -0.131. The van der Waals surface area contributed by atoms with E-state index in [4.69, 9.17) is 5.11 Å². The standard InChI is InChI=1S/C17H12O2/c18-17(19)10-9-16-14-7-3-1-5-12(14)11-13-6-2-4-8-15(13)16/h1-11H,(H,18,19)/b10-9+. The summed E-state index contributed by atoms with van der Waals surface area (Å²) in [7, 11) is 0. The highest BCUT2D eigenvalue weighted by atomic mass is 16.4. The van der Waals surface area contributed by atoms with E-state index in [9.17, 15) is 4.79 Å². The van der Waals surface area contributed by atoms with Crippen molar-refractivity contribution in [2.75, 3.05) is 0 Å². The molecule has 0 fully saturated rings. The summed E-state index contributed by atoms with van der Waals surface area (Å²) in [5.74, 6) is -0.933. The van der Waals surface area contributed by atoms with Gasteiger partial charge in [-0.05, 0) is 39.3 Å². The minimum Gasteiger partial charge on any atom is -0.478 e. The van der Waals surface area contributed by atoms with E-state index in [0.29, 0.717) is 0 Å². The van der Waals surface area contributed by atoms with Crippen molar-refractivity contribution in [2.45, 2.75) is 0 Å². The summed E-state index contributed by atoms with van der Waals surface area (Å²) < 4.78 is 0. The van der Waals surface area contributed by atoms with Crippen molar-refractivity contribution in [3.63, 3.8) is 0 Å². The fourth-order valence-corrected chi connectivity index (χ4v) is 2.38. The molecule has 0 heterocycles. The molecule has 0 saturated carbocycles. The van der Waals surface area contributed by atoms with Crippen molar-refractivity contribution in [1.82, 2.24) is 0 Å². The van der Waals surface area contributed by atoms with E-state index in [2.05, 4.69) is 6.07 Å². The molecule has 3 aromatic rings. The molecule has 0 aromatic heterocycles. The van der Waals surface area contributed by atoms with Gasteiger partial charge in [0, 0.05) is 6.08 Å². The molecule has 0 bridgehead atoms. The van der Waals surface area contributed by atoms with Crippen molar-refractivity contribution in [1.29, 1.82) is 0 Å². The first-order valence-electron chi connectivity index (χ1n) is 6.07. The monoisotopic (exact) mass is 248 g/mol. The molecule has 19 heavy (non-hydrogen) atoms. The van der Waals surface area contributed by atoms with Crippen molar-refractivity contribution >= 4 is 33.6 Å². The van der Waals surface area contributed by atoms with Gasteiger partial charge in [0.05, 0.1) is 0 Å². The van der Waals surface area contributed by atoms with Gasteiger partial charge in [-0.1, -0.05) is 48.5 Å². The van der Waals surface area contributed by atoms with Gasteiger partial charge in [-0.15, -0.1) is 0 Å². The number of fused-ring (bicyclic) bond motifs is 2. The SMILES string of the molecule is O=C(O)/C=C/c1c2ccccc2cc2ccccc12. The molecule has 2 heteroatoms. The minimum atomic E-state index is -0.933. The molecular formula is C17H12O2. The number of aliphatic carboxylic acids is 1. The van der Waals surface area contributed by atoms with Crippen molar-refractivity contribution < 1.29 is 9.90 Å². The normalized spacial score (nSPS) is 11.4. The summed E-state index contributed by atoms with van der Waals surface area (Å²) in [5.41, 5.74) is 0.955. The highest BCUT2D eigenvalue weighted by Crippen LogP contribution is 2.29. The van der Waals surface area contributed by atoms with Crippen LogP contribution in [0.5, 0.6) is 0 Å². The summed E-state index contributed by atoms with van der Waals surface area (Å²) >= 11 is 0. The third-order valence-electron chi connectivity index (χ3n) is 3.21. The maximum Gasteiger partial charge on any atom is 0.328 e. The molecule has 1 N–H and O–H groups in total. The van der Waals surface area contributed by atoms with E-state index in [0.717, 1.165) is 27.1 Å². The van der Waals surface area contributed by atoms with Gasteiger partial charge in [-0.25, -0.2) is 4.79 Å². The number of benzene rings is 3. The average Bonchev–Trinajstić information content (AvgIpc) is 2.43. The van der Waals surface area contributed by atoms with Gasteiger partial charge in [-0.3, -0.25) is 0 Å². The maximum atomic E-state index is 10.8. The van der Waals surface area contributed by atoms with Gasteiger partial charge >= 0.3 is 5.97 Å². The maximum absolute atomic E-state index is 10.8. The van der Waals surface area contributed by atoms with E-state index in [-0.39, 0.29) is 0 Å². The van der Waals surface area contributed by atoms with Crippen molar-refractivity contribution in [3.8, 4) is 0 Å². The van der Waals surface area contributed by atoms with E-state index in [1.54, 1.807) is 6.08 Å². The first-order valence-corrected chi connectivity index (χ1v) is 6.07. The first kappa shape index (κ1) is 11.5. The molecule has 0 amide bonds.